The number of nitrogens with zero attached hydrogens (tertiary/aromatic N) is 5. The number of hydrogen-bond acceptors (Lipinski definition) is 8. The zero-order valence-electron chi connectivity index (χ0n) is 21.5. The molecule has 0 radical (unpaired) electrons. The van der Waals surface area contributed by atoms with Gasteiger partial charge in [0.2, 0.25) is 0 Å². The Hall–Kier alpha value is -3.91. The summed E-state index contributed by atoms with van der Waals surface area (Å²) >= 11 is 0. The highest BCUT2D eigenvalue weighted by molar-refractivity contribution is 6.28. The molecule has 0 saturated carbocycles. The van der Waals surface area contributed by atoms with E-state index in [-0.39, 0.29) is 5.78 Å². The van der Waals surface area contributed by atoms with Gasteiger partial charge in [0.05, 0.1) is 16.6 Å². The van der Waals surface area contributed by atoms with Crippen LogP contribution in [0.3, 0.4) is 0 Å². The average molecular weight is 509 g/mol. The minimum atomic E-state index is 0.0398. The van der Waals surface area contributed by atoms with Crippen molar-refractivity contribution < 1.29 is 9.32 Å². The van der Waals surface area contributed by atoms with Gasteiger partial charge in [-0.15, -0.1) is 0 Å². The Morgan fingerprint density at radius 3 is 2.45 bits per heavy atom. The van der Waals surface area contributed by atoms with Crippen LogP contribution in [0.5, 0.6) is 0 Å². The number of hydrogen-bond donors (Lipinski definition) is 1. The number of ketones is 1. The number of carbonyl (C=O) groups is 1. The summed E-state index contributed by atoms with van der Waals surface area (Å²) in [4.78, 5) is 25.5. The lowest BCUT2D eigenvalue weighted by molar-refractivity contribution is 0.104. The molecule has 0 amide bonds. The van der Waals surface area contributed by atoms with Crippen LogP contribution in [0.15, 0.2) is 59.3 Å². The van der Waals surface area contributed by atoms with Crippen molar-refractivity contribution in [1.82, 2.24) is 15.0 Å². The summed E-state index contributed by atoms with van der Waals surface area (Å²) < 4.78 is 5.93. The normalized spacial score (nSPS) is 17.6. The van der Waals surface area contributed by atoms with E-state index in [0.717, 1.165) is 86.0 Å². The molecule has 2 aromatic carbocycles. The lowest BCUT2D eigenvalue weighted by Gasteiger charge is -2.35. The third kappa shape index (κ3) is 4.00. The Morgan fingerprint density at radius 1 is 0.868 bits per heavy atom. The zero-order valence-corrected chi connectivity index (χ0v) is 21.5. The maximum absolute atomic E-state index is 13.8. The predicted molar refractivity (Wildman–Crippen MR) is 150 cm³/mol. The second-order valence-corrected chi connectivity index (χ2v) is 10.4. The van der Waals surface area contributed by atoms with Gasteiger partial charge in [0.15, 0.2) is 11.5 Å². The van der Waals surface area contributed by atoms with E-state index in [1.807, 2.05) is 42.6 Å². The van der Waals surface area contributed by atoms with Gasteiger partial charge < -0.3 is 19.6 Å². The lowest BCUT2D eigenvalue weighted by Crippen LogP contribution is -2.47. The topological polar surface area (TPSA) is 77.7 Å². The fourth-order valence-electron chi connectivity index (χ4n) is 6.15. The molecule has 8 heteroatoms. The van der Waals surface area contributed by atoms with Crippen molar-refractivity contribution in [3.8, 4) is 11.3 Å². The SMILES string of the molecule is O=C1c2ccccc2-c2onc3c(N4CCCCC4)cc(NCCN4CCN(c5ccccn5)CC4)c1c23. The minimum Gasteiger partial charge on any atom is -0.383 e. The number of aromatic nitrogens is 2. The van der Waals surface area contributed by atoms with Gasteiger partial charge in [0.1, 0.15) is 11.3 Å². The van der Waals surface area contributed by atoms with E-state index in [1.165, 1.54) is 19.3 Å². The number of rotatable bonds is 6. The maximum atomic E-state index is 13.8. The van der Waals surface area contributed by atoms with Crippen LogP contribution in [0.2, 0.25) is 0 Å². The molecule has 38 heavy (non-hydrogen) atoms. The van der Waals surface area contributed by atoms with Gasteiger partial charge in [-0.3, -0.25) is 9.69 Å². The molecule has 1 N–H and O–H groups in total. The zero-order chi connectivity index (χ0) is 25.5. The molecule has 194 valence electrons. The molecular formula is C30H32N6O2. The first-order valence-electron chi connectivity index (χ1n) is 13.8. The average Bonchev–Trinajstić information content (AvgIpc) is 3.43. The Bertz CT molecular complexity index is 1470. The van der Waals surface area contributed by atoms with Gasteiger partial charge in [-0.1, -0.05) is 35.5 Å². The molecule has 2 fully saturated rings. The van der Waals surface area contributed by atoms with Crippen LogP contribution in [-0.2, 0) is 0 Å². The monoisotopic (exact) mass is 508 g/mol. The van der Waals surface area contributed by atoms with Crippen LogP contribution in [0.1, 0.15) is 35.2 Å². The number of fused-ring (bicyclic) bond motifs is 2. The molecule has 7 rings (SSSR count). The van der Waals surface area contributed by atoms with Crippen molar-refractivity contribution in [3.63, 3.8) is 0 Å². The summed E-state index contributed by atoms with van der Waals surface area (Å²) in [5.41, 5.74) is 4.95. The second-order valence-electron chi connectivity index (χ2n) is 10.4. The van der Waals surface area contributed by atoms with E-state index in [0.29, 0.717) is 16.9 Å². The summed E-state index contributed by atoms with van der Waals surface area (Å²) in [7, 11) is 0. The van der Waals surface area contributed by atoms with Crippen LogP contribution in [0.25, 0.3) is 22.2 Å². The van der Waals surface area contributed by atoms with Crippen molar-refractivity contribution in [2.75, 3.05) is 67.5 Å². The molecule has 1 aliphatic carbocycles. The number of nitrogens with one attached hydrogen (secondary N) is 1. The van der Waals surface area contributed by atoms with E-state index < -0.39 is 0 Å². The van der Waals surface area contributed by atoms with Crippen LogP contribution in [-0.4, -0.2) is 73.2 Å². The molecule has 0 bridgehead atoms. The summed E-state index contributed by atoms with van der Waals surface area (Å²) in [6.45, 7) is 7.59. The first-order chi connectivity index (χ1) is 18.8. The second kappa shape index (κ2) is 9.76. The number of carbonyl (C=O) groups excluding carboxylic acids is 1. The van der Waals surface area contributed by atoms with Crippen LogP contribution < -0.4 is 15.1 Å². The summed E-state index contributed by atoms with van der Waals surface area (Å²) in [5, 5.41) is 9.01. The molecular weight excluding hydrogens is 476 g/mol. The molecule has 2 aromatic heterocycles. The molecule has 4 heterocycles. The van der Waals surface area contributed by atoms with E-state index in [9.17, 15) is 4.79 Å². The molecule has 8 nitrogen and oxygen atoms in total. The highest BCUT2D eigenvalue weighted by atomic mass is 16.5. The van der Waals surface area contributed by atoms with Crippen molar-refractivity contribution in [1.29, 1.82) is 0 Å². The molecule has 3 aliphatic rings. The van der Waals surface area contributed by atoms with E-state index >= 15 is 0 Å². The summed E-state index contributed by atoms with van der Waals surface area (Å²) in [5.74, 6) is 1.79. The van der Waals surface area contributed by atoms with E-state index in [4.69, 9.17) is 4.52 Å². The highest BCUT2D eigenvalue weighted by Crippen LogP contribution is 2.46. The summed E-state index contributed by atoms with van der Waals surface area (Å²) in [6.07, 6.45) is 5.45. The van der Waals surface area contributed by atoms with E-state index in [1.54, 1.807) is 0 Å². The fraction of sp³-hybridized carbons (Fsp3) is 0.367. The maximum Gasteiger partial charge on any atom is 0.196 e. The van der Waals surface area contributed by atoms with Gasteiger partial charge in [-0.2, -0.15) is 0 Å². The van der Waals surface area contributed by atoms with Crippen LogP contribution in [0, 0.1) is 0 Å². The first-order valence-corrected chi connectivity index (χ1v) is 13.8. The van der Waals surface area contributed by atoms with Crippen molar-refractivity contribution >= 4 is 33.9 Å². The van der Waals surface area contributed by atoms with Crippen LogP contribution >= 0.6 is 0 Å². The van der Waals surface area contributed by atoms with Gasteiger partial charge >= 0.3 is 0 Å². The van der Waals surface area contributed by atoms with Crippen molar-refractivity contribution in [3.05, 3.63) is 65.9 Å². The van der Waals surface area contributed by atoms with Crippen molar-refractivity contribution in [2.45, 2.75) is 19.3 Å². The van der Waals surface area contributed by atoms with Gasteiger partial charge in [0, 0.05) is 75.4 Å². The molecule has 2 aliphatic heterocycles. The van der Waals surface area contributed by atoms with Gasteiger partial charge in [-0.05, 0) is 37.5 Å². The quantitative estimate of drug-likeness (QED) is 0.355. The molecule has 0 unspecified atom stereocenters. The third-order valence-electron chi connectivity index (χ3n) is 8.16. The van der Waals surface area contributed by atoms with Gasteiger partial charge in [0.25, 0.3) is 0 Å². The molecule has 2 saturated heterocycles. The molecule has 4 aromatic rings. The summed E-state index contributed by atoms with van der Waals surface area (Å²) in [6, 6.07) is 15.9. The third-order valence-corrected chi connectivity index (χ3v) is 8.16. The number of benzene rings is 2. The first kappa shape index (κ1) is 23.2. The fourth-order valence-corrected chi connectivity index (χ4v) is 6.15. The Balaban J connectivity index is 1.15. The Morgan fingerprint density at radius 2 is 1.66 bits per heavy atom. The number of pyridine rings is 1. The molecule has 0 atom stereocenters. The smallest absolute Gasteiger partial charge is 0.196 e. The van der Waals surface area contributed by atoms with Crippen molar-refractivity contribution in [2.24, 2.45) is 0 Å². The number of piperazine rings is 1. The predicted octanol–water partition coefficient (Wildman–Crippen LogP) is 4.66. The minimum absolute atomic E-state index is 0.0398. The Labute approximate surface area is 222 Å². The lowest BCUT2D eigenvalue weighted by atomic mass is 9.86. The molecule has 0 spiro atoms. The number of piperidine rings is 1. The standard InChI is InChI=1S/C30H32N6O2/c37-29-21-8-2-3-9-22(21)30-27-26(29)23(20-24(28(27)33-38-30)35-13-6-1-7-14-35)31-12-15-34-16-18-36(19-17-34)25-10-4-5-11-32-25/h2-5,8-11,20,31H,1,6-7,12-19H2. The largest absolute Gasteiger partial charge is 0.383 e. The number of anilines is 3. The Kier molecular flexibility index (Phi) is 5.96. The highest BCUT2D eigenvalue weighted by Gasteiger charge is 2.33. The van der Waals surface area contributed by atoms with Gasteiger partial charge in [-0.25, -0.2) is 4.98 Å². The van der Waals surface area contributed by atoms with Crippen LogP contribution in [0.4, 0.5) is 17.2 Å². The van der Waals surface area contributed by atoms with E-state index in [2.05, 4.69) is 42.3 Å².